The number of anilines is 1. The number of carbonyl (C=O) groups excluding carboxylic acids is 3. The van der Waals surface area contributed by atoms with E-state index in [1.165, 1.54) is 18.0 Å². The third kappa shape index (κ3) is 2.47. The van der Waals surface area contributed by atoms with Crippen molar-refractivity contribution in [1.29, 1.82) is 0 Å². The summed E-state index contributed by atoms with van der Waals surface area (Å²) >= 11 is 0. The van der Waals surface area contributed by atoms with Crippen LogP contribution in [-0.4, -0.2) is 35.7 Å². The van der Waals surface area contributed by atoms with E-state index in [0.717, 1.165) is 0 Å². The van der Waals surface area contributed by atoms with Crippen LogP contribution in [0.15, 0.2) is 18.3 Å². The molecule has 1 aliphatic rings. The molecule has 17 heavy (non-hydrogen) atoms. The average molecular weight is 233 g/mol. The van der Waals surface area contributed by atoms with E-state index in [1.54, 1.807) is 12.1 Å². The first-order valence-electron chi connectivity index (χ1n) is 5.11. The van der Waals surface area contributed by atoms with Gasteiger partial charge < -0.3 is 4.90 Å². The number of pyridine rings is 1. The van der Waals surface area contributed by atoms with Gasteiger partial charge >= 0.3 is 0 Å². The molecule has 0 bridgehead atoms. The highest BCUT2D eigenvalue weighted by Crippen LogP contribution is 2.14. The van der Waals surface area contributed by atoms with Crippen LogP contribution in [0.1, 0.15) is 17.3 Å². The Labute approximate surface area is 97.6 Å². The number of hydrogen-bond donors (Lipinski definition) is 1. The Morgan fingerprint density at radius 1 is 1.35 bits per heavy atom. The number of Topliss-reactive ketones (excluding diaryl/α,β-unsaturated/α-hetero) is 1. The summed E-state index contributed by atoms with van der Waals surface area (Å²) in [4.78, 5) is 39.2. The van der Waals surface area contributed by atoms with Crippen LogP contribution in [0, 0.1) is 0 Å². The van der Waals surface area contributed by atoms with Crippen LogP contribution in [0.3, 0.4) is 0 Å². The summed E-state index contributed by atoms with van der Waals surface area (Å²) in [5, 5.41) is 2.20. The van der Waals surface area contributed by atoms with Gasteiger partial charge in [0.15, 0.2) is 5.78 Å². The molecule has 0 aliphatic carbocycles. The number of nitrogens with zero attached hydrogens (tertiary/aromatic N) is 2. The van der Waals surface area contributed by atoms with Crippen LogP contribution >= 0.6 is 0 Å². The molecule has 88 valence electrons. The van der Waals surface area contributed by atoms with Crippen molar-refractivity contribution in [2.75, 3.05) is 18.0 Å². The minimum absolute atomic E-state index is 0.0695. The van der Waals surface area contributed by atoms with E-state index in [2.05, 4.69) is 10.3 Å². The SMILES string of the molecule is CC(=O)c1ccnc(N2CC(=O)NC(=O)C2)c1. The minimum atomic E-state index is -0.365. The van der Waals surface area contributed by atoms with E-state index in [9.17, 15) is 14.4 Å². The summed E-state index contributed by atoms with van der Waals surface area (Å²) in [7, 11) is 0. The zero-order valence-electron chi connectivity index (χ0n) is 9.27. The lowest BCUT2D eigenvalue weighted by Gasteiger charge is -2.26. The number of ketones is 1. The van der Waals surface area contributed by atoms with E-state index in [4.69, 9.17) is 0 Å². The predicted molar refractivity (Wildman–Crippen MR) is 59.6 cm³/mol. The second-order valence-corrected chi connectivity index (χ2v) is 3.79. The molecule has 0 saturated carbocycles. The van der Waals surface area contributed by atoms with E-state index >= 15 is 0 Å². The number of piperazine rings is 1. The van der Waals surface area contributed by atoms with Crippen molar-refractivity contribution in [1.82, 2.24) is 10.3 Å². The fraction of sp³-hybridized carbons (Fsp3) is 0.273. The monoisotopic (exact) mass is 233 g/mol. The van der Waals surface area contributed by atoms with Crippen LogP contribution < -0.4 is 10.2 Å². The summed E-state index contributed by atoms with van der Waals surface area (Å²) in [6.07, 6.45) is 1.49. The molecule has 2 heterocycles. The van der Waals surface area contributed by atoms with Crippen molar-refractivity contribution in [2.24, 2.45) is 0 Å². The Kier molecular flexibility index (Phi) is 2.86. The lowest BCUT2D eigenvalue weighted by Crippen LogP contribution is -2.51. The van der Waals surface area contributed by atoms with Crippen LogP contribution in [-0.2, 0) is 9.59 Å². The van der Waals surface area contributed by atoms with E-state index in [1.807, 2.05) is 0 Å². The molecule has 1 saturated heterocycles. The molecular weight excluding hydrogens is 222 g/mol. The maximum atomic E-state index is 11.2. The highest BCUT2D eigenvalue weighted by molar-refractivity contribution is 6.02. The maximum absolute atomic E-state index is 11.2. The summed E-state index contributed by atoms with van der Waals surface area (Å²) in [5.74, 6) is -0.352. The Morgan fingerprint density at radius 2 is 2.00 bits per heavy atom. The molecule has 0 atom stereocenters. The van der Waals surface area contributed by atoms with Crippen LogP contribution in [0.5, 0.6) is 0 Å². The first-order valence-corrected chi connectivity index (χ1v) is 5.11. The topological polar surface area (TPSA) is 79.4 Å². The van der Waals surface area contributed by atoms with Gasteiger partial charge in [-0.25, -0.2) is 4.98 Å². The van der Waals surface area contributed by atoms with Crippen molar-refractivity contribution in [3.05, 3.63) is 23.9 Å². The van der Waals surface area contributed by atoms with E-state index < -0.39 is 0 Å². The van der Waals surface area contributed by atoms with Gasteiger partial charge in [0.25, 0.3) is 0 Å². The highest BCUT2D eigenvalue weighted by Gasteiger charge is 2.23. The minimum Gasteiger partial charge on any atom is -0.338 e. The third-order valence-corrected chi connectivity index (χ3v) is 2.42. The van der Waals surface area contributed by atoms with Gasteiger partial charge in [0.1, 0.15) is 5.82 Å². The molecule has 0 aromatic carbocycles. The Bertz CT molecular complexity index is 482. The fourth-order valence-corrected chi connectivity index (χ4v) is 1.61. The molecule has 2 rings (SSSR count). The zero-order chi connectivity index (χ0) is 12.4. The number of amides is 2. The van der Waals surface area contributed by atoms with Gasteiger partial charge in [0.05, 0.1) is 13.1 Å². The Hall–Kier alpha value is -2.24. The summed E-state index contributed by atoms with van der Waals surface area (Å²) in [6.45, 7) is 1.59. The summed E-state index contributed by atoms with van der Waals surface area (Å²) < 4.78 is 0. The van der Waals surface area contributed by atoms with Crippen molar-refractivity contribution >= 4 is 23.4 Å². The quantitative estimate of drug-likeness (QED) is 0.562. The maximum Gasteiger partial charge on any atom is 0.246 e. The molecule has 0 spiro atoms. The molecule has 1 aliphatic heterocycles. The standard InChI is InChI=1S/C11H11N3O3/c1-7(15)8-2-3-12-9(4-8)14-5-10(16)13-11(17)6-14/h2-4H,5-6H2,1H3,(H,13,16,17). The molecule has 0 unspecified atom stereocenters. The molecule has 6 heteroatoms. The lowest BCUT2D eigenvalue weighted by atomic mass is 10.2. The number of nitrogens with one attached hydrogen (secondary N) is 1. The van der Waals surface area contributed by atoms with Crippen LogP contribution in [0.2, 0.25) is 0 Å². The lowest BCUT2D eigenvalue weighted by molar-refractivity contribution is -0.130. The number of imide groups is 1. The molecular formula is C11H11N3O3. The van der Waals surface area contributed by atoms with Crippen molar-refractivity contribution in [3.8, 4) is 0 Å². The number of carbonyl (C=O) groups is 3. The van der Waals surface area contributed by atoms with Crippen molar-refractivity contribution < 1.29 is 14.4 Å². The second-order valence-electron chi connectivity index (χ2n) is 3.79. The molecule has 0 radical (unpaired) electrons. The highest BCUT2D eigenvalue weighted by atomic mass is 16.2. The Balaban J connectivity index is 2.27. The van der Waals surface area contributed by atoms with Crippen molar-refractivity contribution in [2.45, 2.75) is 6.92 Å². The third-order valence-electron chi connectivity index (χ3n) is 2.42. The number of rotatable bonds is 2. The number of aromatic nitrogens is 1. The van der Waals surface area contributed by atoms with Crippen LogP contribution in [0.25, 0.3) is 0 Å². The second kappa shape index (κ2) is 4.32. The molecule has 1 fully saturated rings. The van der Waals surface area contributed by atoms with E-state index in [-0.39, 0.29) is 30.7 Å². The number of hydrogen-bond acceptors (Lipinski definition) is 5. The molecule has 1 aromatic rings. The normalized spacial score (nSPS) is 15.7. The zero-order valence-corrected chi connectivity index (χ0v) is 9.27. The summed E-state index contributed by atoms with van der Waals surface area (Å²) in [5.41, 5.74) is 0.508. The predicted octanol–water partition coefficient (Wildman–Crippen LogP) is -0.253. The van der Waals surface area contributed by atoms with Gasteiger partial charge in [-0.15, -0.1) is 0 Å². The average Bonchev–Trinajstić information content (AvgIpc) is 2.28. The largest absolute Gasteiger partial charge is 0.338 e. The first kappa shape index (κ1) is 11.3. The van der Waals surface area contributed by atoms with Crippen LogP contribution in [0.4, 0.5) is 5.82 Å². The van der Waals surface area contributed by atoms with Crippen molar-refractivity contribution in [3.63, 3.8) is 0 Å². The molecule has 1 aromatic heterocycles. The molecule has 6 nitrogen and oxygen atoms in total. The van der Waals surface area contributed by atoms with Gasteiger partial charge in [-0.3, -0.25) is 19.7 Å². The van der Waals surface area contributed by atoms with Gasteiger partial charge in [-0.2, -0.15) is 0 Å². The van der Waals surface area contributed by atoms with Gasteiger partial charge in [-0.05, 0) is 19.1 Å². The molecule has 2 amide bonds. The van der Waals surface area contributed by atoms with Gasteiger partial charge in [0.2, 0.25) is 11.8 Å². The molecule has 1 N–H and O–H groups in total. The summed E-state index contributed by atoms with van der Waals surface area (Å²) in [6, 6.07) is 3.17. The Morgan fingerprint density at radius 3 is 2.59 bits per heavy atom. The van der Waals surface area contributed by atoms with Gasteiger partial charge in [-0.1, -0.05) is 0 Å². The fourth-order valence-electron chi connectivity index (χ4n) is 1.61. The smallest absolute Gasteiger partial charge is 0.246 e. The first-order chi connectivity index (χ1) is 8.06. The van der Waals surface area contributed by atoms with E-state index in [0.29, 0.717) is 11.4 Å². The van der Waals surface area contributed by atoms with Gasteiger partial charge in [0, 0.05) is 11.8 Å².